The number of anilines is 2. The van der Waals surface area contributed by atoms with Crippen LogP contribution in [0.25, 0.3) is 17.0 Å². The molecule has 298 valence electrons. The van der Waals surface area contributed by atoms with Crippen LogP contribution in [-0.4, -0.2) is 99.1 Å². The molecule has 0 radical (unpaired) electrons. The molecule has 6 rings (SSSR count). The van der Waals surface area contributed by atoms with Crippen LogP contribution in [0.1, 0.15) is 51.9 Å². The van der Waals surface area contributed by atoms with Crippen LogP contribution in [0.15, 0.2) is 91.6 Å². The van der Waals surface area contributed by atoms with Crippen molar-refractivity contribution in [3.05, 3.63) is 119 Å². The molecule has 0 bridgehead atoms. The molecule has 2 aliphatic rings. The van der Waals surface area contributed by atoms with E-state index < -0.39 is 21.8 Å². The summed E-state index contributed by atoms with van der Waals surface area (Å²) in [5.41, 5.74) is 5.53. The number of nitrogens with one attached hydrogen (secondary N) is 2. The van der Waals surface area contributed by atoms with Gasteiger partial charge in [0, 0.05) is 99.7 Å². The van der Waals surface area contributed by atoms with E-state index in [1.165, 1.54) is 23.0 Å². The number of nitrogens with zero attached hydrogens (tertiary/aromatic N) is 5. The average molecular weight is 790 g/mol. The largest absolute Gasteiger partial charge is 0.416 e. The van der Waals surface area contributed by atoms with E-state index in [0.29, 0.717) is 60.9 Å². The fourth-order valence-corrected chi connectivity index (χ4v) is 7.96. The number of carbonyl (C=O) groups is 1. The van der Waals surface area contributed by atoms with E-state index in [2.05, 4.69) is 43.0 Å². The van der Waals surface area contributed by atoms with Crippen molar-refractivity contribution in [2.24, 2.45) is 0 Å². The number of piperazine rings is 1. The third-order valence-electron chi connectivity index (χ3n) is 10.4. The maximum Gasteiger partial charge on any atom is 0.416 e. The number of likely N-dealkylation sites (N-methyl/N-ethyl adjacent to an activating group) is 1. The molecule has 2 aliphatic heterocycles. The first-order valence-corrected chi connectivity index (χ1v) is 20.8. The van der Waals surface area contributed by atoms with E-state index in [9.17, 15) is 26.4 Å². The molecule has 3 aromatic carbocycles. The number of rotatable bonds is 14. The molecule has 1 amide bonds. The lowest BCUT2D eigenvalue weighted by atomic mass is 10.0. The Kier molecular flexibility index (Phi) is 13.2. The Bertz CT molecular complexity index is 2110. The number of sulfonamides is 1. The van der Waals surface area contributed by atoms with Gasteiger partial charge in [-0.2, -0.15) is 17.5 Å². The maximum atomic E-state index is 13.8. The number of pyridine rings is 1. The normalized spacial score (nSPS) is 15.9. The molecule has 3 heterocycles. The quantitative estimate of drug-likeness (QED) is 0.144. The third-order valence-corrected chi connectivity index (χ3v) is 11.7. The summed E-state index contributed by atoms with van der Waals surface area (Å²) in [6.07, 6.45) is 1.89. The highest BCUT2D eigenvalue weighted by Crippen LogP contribution is 2.34. The lowest BCUT2D eigenvalue weighted by Gasteiger charge is -2.34. The van der Waals surface area contributed by atoms with Gasteiger partial charge in [0.1, 0.15) is 0 Å². The first kappa shape index (κ1) is 40.9. The minimum Gasteiger partial charge on any atom is -0.381 e. The Morgan fingerprint density at radius 2 is 1.61 bits per heavy atom. The molecular formula is C42H50F3N7O3S. The molecule has 10 nitrogen and oxygen atoms in total. The van der Waals surface area contributed by atoms with E-state index in [0.717, 1.165) is 73.5 Å². The lowest BCUT2D eigenvalue weighted by Crippen LogP contribution is -2.49. The maximum absolute atomic E-state index is 13.8. The molecule has 0 saturated carbocycles. The summed E-state index contributed by atoms with van der Waals surface area (Å²) in [5.74, 6) is -0.256. The van der Waals surface area contributed by atoms with Crippen molar-refractivity contribution in [1.82, 2.24) is 24.4 Å². The monoisotopic (exact) mass is 789 g/mol. The highest BCUT2D eigenvalue weighted by molar-refractivity contribution is 7.88. The fourth-order valence-electron chi connectivity index (χ4n) is 7.13. The number of benzene rings is 3. The molecular weight excluding hydrogens is 740 g/mol. The van der Waals surface area contributed by atoms with Crippen molar-refractivity contribution >= 4 is 33.0 Å². The van der Waals surface area contributed by atoms with Crippen molar-refractivity contribution in [3.8, 4) is 11.3 Å². The molecule has 0 aliphatic carbocycles. The lowest BCUT2D eigenvalue weighted by molar-refractivity contribution is -0.137. The van der Waals surface area contributed by atoms with Crippen molar-refractivity contribution in [2.75, 3.05) is 75.9 Å². The zero-order chi connectivity index (χ0) is 39.9. The van der Waals surface area contributed by atoms with Crippen LogP contribution in [-0.2, 0) is 29.3 Å². The van der Waals surface area contributed by atoms with Crippen molar-refractivity contribution in [2.45, 2.75) is 38.5 Å². The van der Waals surface area contributed by atoms with Crippen LogP contribution < -0.4 is 15.5 Å². The minimum absolute atomic E-state index is 0.158. The molecule has 0 unspecified atom stereocenters. The van der Waals surface area contributed by atoms with Gasteiger partial charge in [0.05, 0.1) is 23.2 Å². The zero-order valence-corrected chi connectivity index (χ0v) is 32.8. The molecule has 0 atom stereocenters. The van der Waals surface area contributed by atoms with Crippen molar-refractivity contribution < 1.29 is 26.4 Å². The van der Waals surface area contributed by atoms with Gasteiger partial charge in [-0.15, -0.1) is 0 Å². The van der Waals surface area contributed by atoms with E-state index >= 15 is 0 Å². The van der Waals surface area contributed by atoms with Crippen molar-refractivity contribution in [1.29, 1.82) is 0 Å². The van der Waals surface area contributed by atoms with E-state index in [4.69, 9.17) is 0 Å². The summed E-state index contributed by atoms with van der Waals surface area (Å²) in [5, 5.41) is 6.30. The standard InChI is InChI=1S/C42H50F3N7O3S/c1-31(47-29-32-9-8-12-36(26-32)42(43,44)45)34-15-16-46-40(27-34)38-28-37(51-17-5-4-6-18-51)13-14-39(38)48-41(53)35-11-7-10-33(25-35)30-49(2)19-20-50-21-23-52(24-22-50)56(3,54)55/h7-16,25-28,47H,1,4-6,17-24,29-30H2,2-3H3,(H,48,53). The van der Waals surface area contributed by atoms with Gasteiger partial charge in [-0.05, 0) is 92.0 Å². The van der Waals surface area contributed by atoms with Crippen LogP contribution in [0.2, 0.25) is 0 Å². The van der Waals surface area contributed by atoms with Crippen molar-refractivity contribution in [3.63, 3.8) is 0 Å². The second-order valence-electron chi connectivity index (χ2n) is 14.6. The van der Waals surface area contributed by atoms with Gasteiger partial charge in [0.25, 0.3) is 5.91 Å². The summed E-state index contributed by atoms with van der Waals surface area (Å²) in [6.45, 7) is 10.9. The van der Waals surface area contributed by atoms with Gasteiger partial charge < -0.3 is 20.4 Å². The first-order valence-electron chi connectivity index (χ1n) is 18.9. The van der Waals surface area contributed by atoms with Crippen LogP contribution in [0.5, 0.6) is 0 Å². The summed E-state index contributed by atoms with van der Waals surface area (Å²) in [7, 11) is -1.13. The Hall–Kier alpha value is -4.76. The molecule has 2 saturated heterocycles. The van der Waals surface area contributed by atoms with Gasteiger partial charge in [-0.25, -0.2) is 8.42 Å². The Morgan fingerprint density at radius 1 is 0.875 bits per heavy atom. The summed E-state index contributed by atoms with van der Waals surface area (Å²) in [6, 6.07) is 22.4. The van der Waals surface area contributed by atoms with E-state index in [1.807, 2.05) is 43.4 Å². The van der Waals surface area contributed by atoms with Crippen LogP contribution in [0, 0.1) is 0 Å². The molecule has 2 N–H and O–H groups in total. The number of alkyl halides is 3. The highest BCUT2D eigenvalue weighted by Gasteiger charge is 2.30. The van der Waals surface area contributed by atoms with Gasteiger partial charge in [0.15, 0.2) is 0 Å². The second kappa shape index (κ2) is 18.0. The Balaban J connectivity index is 1.15. The van der Waals surface area contributed by atoms with Crippen LogP contribution >= 0.6 is 0 Å². The molecule has 4 aromatic rings. The topological polar surface area (TPSA) is 101 Å². The molecule has 2 fully saturated rings. The fraction of sp³-hybridized carbons (Fsp3) is 0.381. The predicted octanol–water partition coefficient (Wildman–Crippen LogP) is 6.78. The highest BCUT2D eigenvalue weighted by atomic mass is 32.2. The van der Waals surface area contributed by atoms with Gasteiger partial charge in [0.2, 0.25) is 10.0 Å². The molecule has 14 heteroatoms. The number of piperidine rings is 1. The summed E-state index contributed by atoms with van der Waals surface area (Å²) in [4.78, 5) is 25.3. The van der Waals surface area contributed by atoms with Gasteiger partial charge in [-0.3, -0.25) is 14.7 Å². The second-order valence-corrected chi connectivity index (χ2v) is 16.6. The SMILES string of the molecule is C=C(NCc1cccc(C(F)(F)F)c1)c1ccnc(-c2cc(N3CCCCC3)ccc2NC(=O)c2cccc(CN(C)CCN3CCN(S(C)(=O)=O)CC3)c2)c1. The van der Waals surface area contributed by atoms with Crippen LogP contribution in [0.3, 0.4) is 0 Å². The number of carbonyl (C=O) groups excluding carboxylic acids is 1. The molecule has 56 heavy (non-hydrogen) atoms. The smallest absolute Gasteiger partial charge is 0.381 e. The number of amides is 1. The number of hydrogen-bond acceptors (Lipinski definition) is 8. The van der Waals surface area contributed by atoms with E-state index in [1.54, 1.807) is 24.4 Å². The van der Waals surface area contributed by atoms with E-state index in [-0.39, 0.29) is 12.5 Å². The first-order chi connectivity index (χ1) is 26.7. The third kappa shape index (κ3) is 11.0. The predicted molar refractivity (Wildman–Crippen MR) is 217 cm³/mol. The van der Waals surface area contributed by atoms with Gasteiger partial charge >= 0.3 is 6.18 Å². The minimum atomic E-state index is -4.43. The number of halogens is 3. The molecule has 1 aromatic heterocycles. The van der Waals surface area contributed by atoms with Crippen LogP contribution in [0.4, 0.5) is 24.5 Å². The summed E-state index contributed by atoms with van der Waals surface area (Å²) < 4.78 is 65.1. The number of hydrogen-bond donors (Lipinski definition) is 2. The average Bonchev–Trinajstić information content (AvgIpc) is 3.19. The Labute approximate surface area is 328 Å². The number of aromatic nitrogens is 1. The Morgan fingerprint density at radius 3 is 2.34 bits per heavy atom. The zero-order valence-electron chi connectivity index (χ0n) is 32.0. The summed E-state index contributed by atoms with van der Waals surface area (Å²) >= 11 is 0. The molecule has 0 spiro atoms. The van der Waals surface area contributed by atoms with Gasteiger partial charge in [-0.1, -0.05) is 30.8 Å².